The van der Waals surface area contributed by atoms with E-state index in [1.165, 1.54) is 17.0 Å². The van der Waals surface area contributed by atoms with Crippen LogP contribution >= 0.6 is 0 Å². The molecule has 0 aliphatic carbocycles. The number of hydrogen-bond donors (Lipinski definition) is 1. The fourth-order valence-electron chi connectivity index (χ4n) is 3.22. The number of benzene rings is 2. The van der Waals surface area contributed by atoms with Gasteiger partial charge in [0, 0.05) is 26.3 Å². The van der Waals surface area contributed by atoms with Gasteiger partial charge in [-0.15, -0.1) is 0 Å². The van der Waals surface area contributed by atoms with Gasteiger partial charge in [-0.2, -0.15) is 0 Å². The Bertz CT molecular complexity index is 1090. The molecule has 1 N–H and O–H groups in total. The number of halogens is 1. The number of ether oxygens (including phenoxy) is 2. The summed E-state index contributed by atoms with van der Waals surface area (Å²) >= 11 is 0. The first kappa shape index (κ1) is 24.7. The summed E-state index contributed by atoms with van der Waals surface area (Å²) in [4.78, 5) is 30.4. The van der Waals surface area contributed by atoms with Gasteiger partial charge >= 0.3 is 12.1 Å². The lowest BCUT2D eigenvalue weighted by Crippen LogP contribution is -2.32. The van der Waals surface area contributed by atoms with Crippen molar-refractivity contribution in [1.82, 2.24) is 9.88 Å². The number of anilines is 1. The summed E-state index contributed by atoms with van der Waals surface area (Å²) in [6.45, 7) is 2.86. The maximum Gasteiger partial charge on any atom is 0.409 e. The van der Waals surface area contributed by atoms with Crippen molar-refractivity contribution in [3.05, 3.63) is 95.1 Å². The number of pyridine rings is 1. The molecule has 3 aromatic rings. The topological polar surface area (TPSA) is 80.8 Å². The first-order valence-electron chi connectivity index (χ1n) is 11.0. The van der Waals surface area contributed by atoms with Crippen LogP contribution in [0.3, 0.4) is 0 Å². The Labute approximate surface area is 198 Å². The van der Waals surface area contributed by atoms with E-state index in [4.69, 9.17) is 9.47 Å². The summed E-state index contributed by atoms with van der Waals surface area (Å²) in [6.07, 6.45) is 1.68. The molecule has 8 heteroatoms. The van der Waals surface area contributed by atoms with E-state index >= 15 is 0 Å². The van der Waals surface area contributed by atoms with Crippen LogP contribution < -0.4 is 5.32 Å². The van der Waals surface area contributed by atoms with Gasteiger partial charge in [0.1, 0.15) is 12.4 Å². The Morgan fingerprint density at radius 2 is 1.74 bits per heavy atom. The van der Waals surface area contributed by atoms with Crippen molar-refractivity contribution in [3.63, 3.8) is 0 Å². The minimum atomic E-state index is -0.533. The molecule has 0 aliphatic rings. The average Bonchev–Trinajstić information content (AvgIpc) is 2.85. The molecule has 0 bridgehead atoms. The van der Waals surface area contributed by atoms with Gasteiger partial charge in [0.15, 0.2) is 5.69 Å². The lowest BCUT2D eigenvalue weighted by molar-refractivity contribution is 0.0520. The van der Waals surface area contributed by atoms with Crippen molar-refractivity contribution < 1.29 is 23.5 Å². The Balaban J connectivity index is 1.61. The molecular formula is C26H28FN3O4. The molecule has 0 saturated carbocycles. The van der Waals surface area contributed by atoms with E-state index in [1.807, 2.05) is 36.4 Å². The zero-order valence-corrected chi connectivity index (χ0v) is 19.3. The fraction of sp³-hybridized carbons (Fsp3) is 0.269. The minimum absolute atomic E-state index is 0.166. The Kier molecular flexibility index (Phi) is 8.96. The number of nitrogens with zero attached hydrogens (tertiary/aromatic N) is 2. The second-order valence-electron chi connectivity index (χ2n) is 7.65. The number of nitrogens with one attached hydrogen (secondary N) is 1. The Morgan fingerprint density at radius 3 is 2.44 bits per heavy atom. The van der Waals surface area contributed by atoms with Gasteiger partial charge in [-0.1, -0.05) is 42.5 Å². The van der Waals surface area contributed by atoms with E-state index in [-0.39, 0.29) is 24.7 Å². The van der Waals surface area contributed by atoms with Gasteiger partial charge in [-0.05, 0) is 48.2 Å². The normalized spacial score (nSPS) is 10.4. The quantitative estimate of drug-likeness (QED) is 0.439. The van der Waals surface area contributed by atoms with E-state index in [2.05, 4.69) is 10.3 Å². The maximum atomic E-state index is 13.2. The Hall–Kier alpha value is -3.94. The summed E-state index contributed by atoms with van der Waals surface area (Å²) < 4.78 is 23.6. The van der Waals surface area contributed by atoms with Crippen molar-refractivity contribution in [1.29, 1.82) is 0 Å². The number of likely N-dealkylation sites (N-methyl/N-ethyl adjacent to an activating group) is 1. The first-order chi connectivity index (χ1) is 16.5. The van der Waals surface area contributed by atoms with Gasteiger partial charge in [-0.25, -0.2) is 19.0 Å². The smallest absolute Gasteiger partial charge is 0.409 e. The van der Waals surface area contributed by atoms with Crippen LogP contribution in [-0.2, 0) is 22.5 Å². The van der Waals surface area contributed by atoms with Crippen molar-refractivity contribution in [2.75, 3.05) is 32.1 Å². The number of amides is 1. The summed E-state index contributed by atoms with van der Waals surface area (Å²) in [7, 11) is 1.64. The van der Waals surface area contributed by atoms with Crippen LogP contribution in [0.15, 0.2) is 66.9 Å². The molecule has 0 radical (unpaired) electrons. The van der Waals surface area contributed by atoms with Crippen LogP contribution in [0.4, 0.5) is 14.9 Å². The molecule has 1 aromatic heterocycles. The van der Waals surface area contributed by atoms with Gasteiger partial charge in [-0.3, -0.25) is 0 Å². The van der Waals surface area contributed by atoms with Crippen LogP contribution in [0.1, 0.15) is 34.1 Å². The SMILES string of the molecule is CCOC(=O)c1ncc(Cc2ccc(F)cc2)cc1NCCN(C)C(=O)OCc1ccccc1. The van der Waals surface area contributed by atoms with E-state index in [0.29, 0.717) is 25.2 Å². The van der Waals surface area contributed by atoms with E-state index in [1.54, 1.807) is 32.3 Å². The summed E-state index contributed by atoms with van der Waals surface area (Å²) in [6, 6.07) is 17.5. The second-order valence-corrected chi connectivity index (χ2v) is 7.65. The number of esters is 1. The highest BCUT2D eigenvalue weighted by Gasteiger charge is 2.16. The van der Waals surface area contributed by atoms with E-state index in [9.17, 15) is 14.0 Å². The highest BCUT2D eigenvalue weighted by atomic mass is 19.1. The third-order valence-electron chi connectivity index (χ3n) is 5.01. The molecule has 7 nitrogen and oxygen atoms in total. The van der Waals surface area contributed by atoms with Crippen LogP contribution in [0.2, 0.25) is 0 Å². The number of rotatable bonds is 10. The molecule has 0 atom stereocenters. The van der Waals surface area contributed by atoms with Gasteiger partial charge in [0.2, 0.25) is 0 Å². The van der Waals surface area contributed by atoms with Crippen LogP contribution in [0, 0.1) is 5.82 Å². The predicted octanol–water partition coefficient (Wildman–Crippen LogP) is 4.67. The Morgan fingerprint density at radius 1 is 1.00 bits per heavy atom. The third-order valence-corrected chi connectivity index (χ3v) is 5.01. The first-order valence-corrected chi connectivity index (χ1v) is 11.0. The highest BCUT2D eigenvalue weighted by Crippen LogP contribution is 2.19. The zero-order valence-electron chi connectivity index (χ0n) is 19.3. The monoisotopic (exact) mass is 465 g/mol. The van der Waals surface area contributed by atoms with Gasteiger partial charge in [0.05, 0.1) is 12.3 Å². The lowest BCUT2D eigenvalue weighted by Gasteiger charge is -2.18. The van der Waals surface area contributed by atoms with Crippen LogP contribution in [-0.4, -0.2) is 48.7 Å². The predicted molar refractivity (Wildman–Crippen MR) is 127 cm³/mol. The standard InChI is InChI=1S/C26H28FN3O4/c1-3-33-25(31)24-23(16-21(17-29-24)15-19-9-11-22(27)12-10-19)28-13-14-30(2)26(32)34-18-20-7-5-4-6-8-20/h4-12,16-17,28H,3,13-15,18H2,1-2H3. The number of carbonyl (C=O) groups excluding carboxylic acids is 2. The molecule has 178 valence electrons. The number of carbonyl (C=O) groups is 2. The van der Waals surface area contributed by atoms with Crippen molar-refractivity contribution >= 4 is 17.7 Å². The second kappa shape index (κ2) is 12.3. The molecule has 0 saturated heterocycles. The molecular weight excluding hydrogens is 437 g/mol. The largest absolute Gasteiger partial charge is 0.461 e. The molecule has 1 heterocycles. The molecule has 0 unspecified atom stereocenters. The molecule has 3 rings (SSSR count). The fourth-order valence-corrected chi connectivity index (χ4v) is 3.22. The van der Waals surface area contributed by atoms with Crippen LogP contribution in [0.25, 0.3) is 0 Å². The summed E-state index contributed by atoms with van der Waals surface area (Å²) in [5.41, 5.74) is 3.34. The molecule has 0 aliphatic heterocycles. The zero-order chi connectivity index (χ0) is 24.3. The van der Waals surface area contributed by atoms with Gasteiger partial charge in [0.25, 0.3) is 0 Å². The molecule has 34 heavy (non-hydrogen) atoms. The summed E-state index contributed by atoms with van der Waals surface area (Å²) in [5.74, 6) is -0.831. The summed E-state index contributed by atoms with van der Waals surface area (Å²) in [5, 5.41) is 3.17. The van der Waals surface area contributed by atoms with Crippen molar-refractivity contribution in [2.45, 2.75) is 20.0 Å². The molecule has 1 amide bonds. The lowest BCUT2D eigenvalue weighted by atomic mass is 10.1. The van der Waals surface area contributed by atoms with Crippen molar-refractivity contribution in [2.24, 2.45) is 0 Å². The van der Waals surface area contributed by atoms with E-state index in [0.717, 1.165) is 16.7 Å². The number of aromatic nitrogens is 1. The van der Waals surface area contributed by atoms with Crippen molar-refractivity contribution in [3.8, 4) is 0 Å². The number of hydrogen-bond acceptors (Lipinski definition) is 6. The molecule has 0 fully saturated rings. The minimum Gasteiger partial charge on any atom is -0.461 e. The molecule has 0 spiro atoms. The molecule has 2 aromatic carbocycles. The van der Waals surface area contributed by atoms with Crippen LogP contribution in [0.5, 0.6) is 0 Å². The van der Waals surface area contributed by atoms with E-state index < -0.39 is 12.1 Å². The highest BCUT2D eigenvalue weighted by molar-refractivity contribution is 5.93. The average molecular weight is 466 g/mol. The third kappa shape index (κ3) is 7.30. The maximum absolute atomic E-state index is 13.2. The van der Waals surface area contributed by atoms with Gasteiger partial charge < -0.3 is 19.7 Å².